The number of carbonyl (C=O) groups is 2. The molecule has 1 amide bonds. The molecule has 0 atom stereocenters. The van der Waals surface area contributed by atoms with Crippen molar-refractivity contribution >= 4 is 11.9 Å². The molecule has 1 aliphatic carbocycles. The zero-order chi connectivity index (χ0) is 16.2. The molecule has 3 rings (SSSR count). The monoisotopic (exact) mass is 314 g/mol. The summed E-state index contributed by atoms with van der Waals surface area (Å²) in [6.45, 7) is 2.16. The van der Waals surface area contributed by atoms with Gasteiger partial charge in [0.2, 0.25) is 0 Å². The van der Waals surface area contributed by atoms with Crippen molar-refractivity contribution in [3.05, 3.63) is 42.1 Å². The van der Waals surface area contributed by atoms with E-state index in [2.05, 4.69) is 10.5 Å². The van der Waals surface area contributed by atoms with Gasteiger partial charge in [0.25, 0.3) is 5.91 Å². The van der Waals surface area contributed by atoms with Gasteiger partial charge in [0.1, 0.15) is 0 Å². The van der Waals surface area contributed by atoms with E-state index in [1.165, 1.54) is 0 Å². The number of nitrogens with one attached hydrogen (secondary N) is 1. The van der Waals surface area contributed by atoms with Crippen LogP contribution in [0.15, 0.2) is 40.9 Å². The van der Waals surface area contributed by atoms with Gasteiger partial charge in [-0.3, -0.25) is 9.59 Å². The average Bonchev–Trinajstić information content (AvgIpc) is 3.01. The predicted molar refractivity (Wildman–Crippen MR) is 82.6 cm³/mol. The number of hydrogen-bond acceptors (Lipinski definition) is 5. The van der Waals surface area contributed by atoms with E-state index in [4.69, 9.17) is 9.26 Å². The van der Waals surface area contributed by atoms with Gasteiger partial charge < -0.3 is 14.6 Å². The number of amides is 1. The molecule has 0 bridgehead atoms. The molecule has 1 aromatic carbocycles. The molecule has 6 nitrogen and oxygen atoms in total. The lowest BCUT2D eigenvalue weighted by Crippen LogP contribution is -2.47. The normalized spacial score (nSPS) is 19.7. The predicted octanol–water partition coefficient (Wildman–Crippen LogP) is 2.41. The van der Waals surface area contributed by atoms with Gasteiger partial charge in [-0.25, -0.2) is 0 Å². The summed E-state index contributed by atoms with van der Waals surface area (Å²) in [5, 5.41) is 6.66. The molecule has 0 aliphatic heterocycles. The maximum Gasteiger partial charge on any atom is 0.309 e. The number of rotatable bonds is 5. The summed E-state index contributed by atoms with van der Waals surface area (Å²) in [5.74, 6) is -0.0414. The highest BCUT2D eigenvalue weighted by Gasteiger charge is 2.36. The van der Waals surface area contributed by atoms with Crippen LogP contribution in [0.2, 0.25) is 0 Å². The van der Waals surface area contributed by atoms with Gasteiger partial charge in [0.05, 0.1) is 12.5 Å². The summed E-state index contributed by atoms with van der Waals surface area (Å²) in [5.41, 5.74) is 1.11. The fraction of sp³-hybridized carbons (Fsp3) is 0.353. The Morgan fingerprint density at radius 3 is 2.74 bits per heavy atom. The zero-order valence-corrected chi connectivity index (χ0v) is 12.8. The first-order valence-electron chi connectivity index (χ1n) is 7.67. The first kappa shape index (κ1) is 15.3. The van der Waals surface area contributed by atoms with Crippen LogP contribution in [0, 0.1) is 5.92 Å². The highest BCUT2D eigenvalue weighted by molar-refractivity contribution is 5.93. The van der Waals surface area contributed by atoms with Gasteiger partial charge in [-0.15, -0.1) is 0 Å². The first-order valence-corrected chi connectivity index (χ1v) is 7.67. The van der Waals surface area contributed by atoms with E-state index >= 15 is 0 Å². The molecule has 1 heterocycles. The van der Waals surface area contributed by atoms with E-state index in [0.29, 0.717) is 25.2 Å². The van der Waals surface area contributed by atoms with Crippen LogP contribution in [0.1, 0.15) is 30.3 Å². The Balaban J connectivity index is 1.54. The SMILES string of the molecule is CCOC(=O)C1CC(NC(=O)c2cc(-c3ccccc3)on2)C1. The fourth-order valence-corrected chi connectivity index (χ4v) is 2.57. The van der Waals surface area contributed by atoms with Crippen molar-refractivity contribution in [2.75, 3.05) is 6.61 Å². The van der Waals surface area contributed by atoms with Crippen LogP contribution in [0.3, 0.4) is 0 Å². The van der Waals surface area contributed by atoms with E-state index in [9.17, 15) is 9.59 Å². The third-order valence-electron chi connectivity index (χ3n) is 3.89. The van der Waals surface area contributed by atoms with E-state index in [1.807, 2.05) is 30.3 Å². The first-order chi connectivity index (χ1) is 11.2. The van der Waals surface area contributed by atoms with Crippen LogP contribution in [0.5, 0.6) is 0 Å². The molecular weight excluding hydrogens is 296 g/mol. The summed E-state index contributed by atoms with van der Waals surface area (Å²) in [4.78, 5) is 23.7. The van der Waals surface area contributed by atoms with Crippen LogP contribution < -0.4 is 5.32 Å². The molecule has 1 aliphatic rings. The molecule has 2 aromatic rings. The van der Waals surface area contributed by atoms with Crippen molar-refractivity contribution in [2.45, 2.75) is 25.8 Å². The van der Waals surface area contributed by atoms with Gasteiger partial charge in [0, 0.05) is 17.7 Å². The second-order valence-electron chi connectivity index (χ2n) is 5.53. The molecule has 1 saturated carbocycles. The van der Waals surface area contributed by atoms with Crippen LogP contribution in [0.25, 0.3) is 11.3 Å². The van der Waals surface area contributed by atoms with E-state index in [1.54, 1.807) is 13.0 Å². The lowest BCUT2D eigenvalue weighted by molar-refractivity contribution is -0.151. The molecule has 23 heavy (non-hydrogen) atoms. The Morgan fingerprint density at radius 2 is 2.04 bits per heavy atom. The molecule has 1 N–H and O–H groups in total. The second kappa shape index (κ2) is 6.64. The van der Waals surface area contributed by atoms with E-state index < -0.39 is 0 Å². The summed E-state index contributed by atoms with van der Waals surface area (Å²) in [7, 11) is 0. The van der Waals surface area contributed by atoms with Crippen molar-refractivity contribution in [1.29, 1.82) is 0 Å². The summed E-state index contributed by atoms with van der Waals surface area (Å²) in [6.07, 6.45) is 1.21. The van der Waals surface area contributed by atoms with Crippen molar-refractivity contribution in [3.63, 3.8) is 0 Å². The smallest absolute Gasteiger partial charge is 0.309 e. The minimum Gasteiger partial charge on any atom is -0.466 e. The largest absolute Gasteiger partial charge is 0.466 e. The highest BCUT2D eigenvalue weighted by atomic mass is 16.5. The number of ether oxygens (including phenoxy) is 1. The van der Waals surface area contributed by atoms with Crippen molar-refractivity contribution in [1.82, 2.24) is 10.5 Å². The highest BCUT2D eigenvalue weighted by Crippen LogP contribution is 2.29. The van der Waals surface area contributed by atoms with E-state index in [-0.39, 0.29) is 29.5 Å². The Bertz CT molecular complexity index is 690. The molecule has 0 spiro atoms. The van der Waals surface area contributed by atoms with Crippen molar-refractivity contribution in [3.8, 4) is 11.3 Å². The summed E-state index contributed by atoms with van der Waals surface area (Å²) >= 11 is 0. The minimum atomic E-state index is -0.289. The Kier molecular flexibility index (Phi) is 4.41. The number of aromatic nitrogens is 1. The van der Waals surface area contributed by atoms with Gasteiger partial charge in [-0.1, -0.05) is 35.5 Å². The number of carbonyl (C=O) groups excluding carboxylic acids is 2. The maximum absolute atomic E-state index is 12.1. The lowest BCUT2D eigenvalue weighted by atomic mass is 9.80. The fourth-order valence-electron chi connectivity index (χ4n) is 2.57. The minimum absolute atomic E-state index is 0.0196. The lowest BCUT2D eigenvalue weighted by Gasteiger charge is -2.33. The number of esters is 1. The molecule has 120 valence electrons. The number of benzene rings is 1. The summed E-state index contributed by atoms with van der Waals surface area (Å²) in [6, 6.07) is 11.1. The number of nitrogens with zero attached hydrogens (tertiary/aromatic N) is 1. The molecule has 6 heteroatoms. The summed E-state index contributed by atoms with van der Waals surface area (Å²) < 4.78 is 10.2. The topological polar surface area (TPSA) is 81.4 Å². The molecule has 1 fully saturated rings. The Morgan fingerprint density at radius 1 is 1.30 bits per heavy atom. The molecule has 0 unspecified atom stereocenters. The van der Waals surface area contributed by atoms with Crippen LogP contribution >= 0.6 is 0 Å². The van der Waals surface area contributed by atoms with E-state index in [0.717, 1.165) is 5.56 Å². The van der Waals surface area contributed by atoms with Crippen LogP contribution in [-0.2, 0) is 9.53 Å². The molecular formula is C17H18N2O4. The maximum atomic E-state index is 12.1. The second-order valence-corrected chi connectivity index (χ2v) is 5.53. The standard InChI is InChI=1S/C17H18N2O4/c1-2-22-17(21)12-8-13(9-12)18-16(20)14-10-15(23-19-14)11-6-4-3-5-7-11/h3-7,10,12-13H,2,8-9H2,1H3,(H,18,20). The quantitative estimate of drug-likeness (QED) is 0.857. The van der Waals surface area contributed by atoms with Crippen LogP contribution in [0.4, 0.5) is 0 Å². The van der Waals surface area contributed by atoms with Crippen LogP contribution in [-0.4, -0.2) is 29.7 Å². The third-order valence-corrected chi connectivity index (χ3v) is 3.89. The van der Waals surface area contributed by atoms with Crippen molar-refractivity contribution in [2.24, 2.45) is 5.92 Å². The van der Waals surface area contributed by atoms with Gasteiger partial charge in [-0.05, 0) is 19.8 Å². The zero-order valence-electron chi connectivity index (χ0n) is 12.8. The Hall–Kier alpha value is -2.63. The molecule has 1 aromatic heterocycles. The van der Waals surface area contributed by atoms with Crippen molar-refractivity contribution < 1.29 is 18.8 Å². The molecule has 0 radical (unpaired) electrons. The average molecular weight is 314 g/mol. The van der Waals surface area contributed by atoms with Gasteiger partial charge in [0.15, 0.2) is 11.5 Å². The third kappa shape index (κ3) is 3.41. The van der Waals surface area contributed by atoms with Gasteiger partial charge in [-0.2, -0.15) is 0 Å². The molecule has 0 saturated heterocycles. The van der Waals surface area contributed by atoms with Gasteiger partial charge >= 0.3 is 5.97 Å². The number of hydrogen-bond donors (Lipinski definition) is 1. The Labute approximate surface area is 133 Å².